The van der Waals surface area contributed by atoms with Gasteiger partial charge in [-0.15, -0.1) is 0 Å². The van der Waals surface area contributed by atoms with Crippen molar-refractivity contribution >= 4 is 11.9 Å². The Morgan fingerprint density at radius 1 is 1.10 bits per heavy atom. The second-order valence-corrected chi connectivity index (χ2v) is 4.00. The first kappa shape index (κ1) is 14.0. The lowest BCUT2D eigenvalue weighted by molar-refractivity contribution is 0.312. The van der Waals surface area contributed by atoms with Crippen LogP contribution < -0.4 is 21.3 Å². The molecule has 0 atom stereocenters. The molecule has 0 unspecified atom stereocenters. The molecule has 106 valence electrons. The van der Waals surface area contributed by atoms with Gasteiger partial charge in [-0.25, -0.2) is 5.84 Å². The Morgan fingerprint density at radius 2 is 1.85 bits per heavy atom. The Bertz CT molecular complexity index is 534. The lowest BCUT2D eigenvalue weighted by Gasteiger charge is -2.08. The largest absolute Gasteiger partial charge is 0.464 e. The van der Waals surface area contributed by atoms with E-state index in [2.05, 4.69) is 37.8 Å². The quantitative estimate of drug-likeness (QED) is 0.515. The topological polar surface area (TPSA) is 98.0 Å². The number of nitrogens with one attached hydrogen (secondary N) is 2. The number of hydrogen-bond donors (Lipinski definition) is 3. The van der Waals surface area contributed by atoms with Crippen LogP contribution in [0, 0.1) is 0 Å². The standard InChI is InChI=1S/C13H18N6O/c1-2-20-13-17-11(16-12(18-13)19-14)15-9-8-10-6-4-3-5-7-10/h3-7H,2,8-9,14H2,1H3,(H2,15,16,17,18,19). The predicted molar refractivity (Wildman–Crippen MR) is 77.4 cm³/mol. The fourth-order valence-electron chi connectivity index (χ4n) is 1.66. The van der Waals surface area contributed by atoms with Crippen molar-refractivity contribution in [2.75, 3.05) is 23.9 Å². The van der Waals surface area contributed by atoms with Gasteiger partial charge >= 0.3 is 6.01 Å². The van der Waals surface area contributed by atoms with E-state index in [1.54, 1.807) is 0 Å². The lowest BCUT2D eigenvalue weighted by Crippen LogP contribution is -2.15. The number of rotatable bonds is 7. The van der Waals surface area contributed by atoms with Crippen LogP contribution in [0.1, 0.15) is 12.5 Å². The zero-order valence-electron chi connectivity index (χ0n) is 11.3. The summed E-state index contributed by atoms with van der Waals surface area (Å²) in [6, 6.07) is 10.4. The third kappa shape index (κ3) is 4.06. The molecular formula is C13H18N6O. The van der Waals surface area contributed by atoms with Crippen LogP contribution in [0.5, 0.6) is 6.01 Å². The molecule has 1 heterocycles. The van der Waals surface area contributed by atoms with Crippen LogP contribution in [0.3, 0.4) is 0 Å². The van der Waals surface area contributed by atoms with Gasteiger partial charge in [0.25, 0.3) is 0 Å². The van der Waals surface area contributed by atoms with Crippen molar-refractivity contribution in [2.45, 2.75) is 13.3 Å². The minimum Gasteiger partial charge on any atom is -0.464 e. The first-order valence-electron chi connectivity index (χ1n) is 6.45. The van der Waals surface area contributed by atoms with Crippen LogP contribution in [0.2, 0.25) is 0 Å². The third-order valence-corrected chi connectivity index (χ3v) is 2.56. The van der Waals surface area contributed by atoms with Crippen molar-refractivity contribution in [2.24, 2.45) is 5.84 Å². The lowest BCUT2D eigenvalue weighted by atomic mass is 10.1. The highest BCUT2D eigenvalue weighted by Gasteiger charge is 2.05. The molecule has 0 bridgehead atoms. The first-order valence-corrected chi connectivity index (χ1v) is 6.45. The van der Waals surface area contributed by atoms with E-state index < -0.39 is 0 Å². The van der Waals surface area contributed by atoms with Gasteiger partial charge in [-0.3, -0.25) is 5.43 Å². The van der Waals surface area contributed by atoms with E-state index in [-0.39, 0.29) is 12.0 Å². The molecule has 1 aromatic heterocycles. The molecule has 0 saturated carbocycles. The van der Waals surface area contributed by atoms with Crippen LogP contribution in [0.15, 0.2) is 30.3 Å². The van der Waals surface area contributed by atoms with E-state index in [0.717, 1.165) is 6.42 Å². The van der Waals surface area contributed by atoms with Crippen molar-refractivity contribution in [3.05, 3.63) is 35.9 Å². The zero-order chi connectivity index (χ0) is 14.2. The van der Waals surface area contributed by atoms with Crippen molar-refractivity contribution in [3.8, 4) is 6.01 Å². The summed E-state index contributed by atoms with van der Waals surface area (Å²) in [6.07, 6.45) is 0.877. The summed E-state index contributed by atoms with van der Waals surface area (Å²) in [6.45, 7) is 3.06. The van der Waals surface area contributed by atoms with E-state index in [1.807, 2.05) is 25.1 Å². The number of anilines is 2. The van der Waals surface area contributed by atoms with Gasteiger partial charge in [0, 0.05) is 6.54 Å². The number of benzene rings is 1. The summed E-state index contributed by atoms with van der Waals surface area (Å²) < 4.78 is 5.26. The number of hydrogen-bond acceptors (Lipinski definition) is 7. The molecule has 20 heavy (non-hydrogen) atoms. The number of aromatic nitrogens is 3. The van der Waals surface area contributed by atoms with E-state index in [0.29, 0.717) is 19.1 Å². The van der Waals surface area contributed by atoms with Crippen LogP contribution in [0.4, 0.5) is 11.9 Å². The van der Waals surface area contributed by atoms with Crippen molar-refractivity contribution in [3.63, 3.8) is 0 Å². The molecule has 2 aromatic rings. The molecule has 7 heteroatoms. The Kier molecular flexibility index (Phi) is 5.08. The minimum atomic E-state index is 0.248. The number of ether oxygens (including phenoxy) is 1. The van der Waals surface area contributed by atoms with Gasteiger partial charge in [-0.1, -0.05) is 30.3 Å². The van der Waals surface area contributed by atoms with Crippen molar-refractivity contribution in [1.82, 2.24) is 15.0 Å². The van der Waals surface area contributed by atoms with Gasteiger partial charge in [0.15, 0.2) is 0 Å². The highest BCUT2D eigenvalue weighted by Crippen LogP contribution is 2.10. The van der Waals surface area contributed by atoms with E-state index in [4.69, 9.17) is 10.6 Å². The molecule has 0 fully saturated rings. The Labute approximate surface area is 117 Å². The second-order valence-electron chi connectivity index (χ2n) is 4.00. The van der Waals surface area contributed by atoms with Crippen LogP contribution >= 0.6 is 0 Å². The molecule has 4 N–H and O–H groups in total. The summed E-state index contributed by atoms with van der Waals surface area (Å²) in [5.41, 5.74) is 3.64. The summed E-state index contributed by atoms with van der Waals surface area (Å²) in [5.74, 6) is 6.02. The molecule has 0 spiro atoms. The number of hydrazine groups is 1. The van der Waals surface area contributed by atoms with Gasteiger partial charge in [0.1, 0.15) is 0 Å². The molecule has 1 aromatic carbocycles. The average molecular weight is 274 g/mol. The van der Waals surface area contributed by atoms with Crippen LogP contribution in [-0.2, 0) is 6.42 Å². The maximum atomic E-state index is 5.32. The molecule has 0 radical (unpaired) electrons. The smallest absolute Gasteiger partial charge is 0.323 e. The predicted octanol–water partition coefficient (Wildman–Crippen LogP) is 1.21. The second kappa shape index (κ2) is 7.25. The SMILES string of the molecule is CCOc1nc(NN)nc(NCCc2ccccc2)n1. The van der Waals surface area contributed by atoms with Crippen LogP contribution in [-0.4, -0.2) is 28.1 Å². The fraction of sp³-hybridized carbons (Fsp3) is 0.308. The van der Waals surface area contributed by atoms with Crippen LogP contribution in [0.25, 0.3) is 0 Å². The maximum Gasteiger partial charge on any atom is 0.323 e. The zero-order valence-corrected chi connectivity index (χ0v) is 11.3. The number of nitrogens with two attached hydrogens (primary N) is 1. The summed E-state index contributed by atoms with van der Waals surface area (Å²) >= 11 is 0. The summed E-state index contributed by atoms with van der Waals surface area (Å²) in [4.78, 5) is 12.3. The summed E-state index contributed by atoms with van der Waals surface area (Å²) in [5, 5.41) is 3.13. The Hall–Kier alpha value is -2.41. The van der Waals surface area contributed by atoms with Gasteiger partial charge in [0.05, 0.1) is 6.61 Å². The molecule has 0 amide bonds. The van der Waals surface area contributed by atoms with Gasteiger partial charge in [-0.05, 0) is 18.9 Å². The molecular weight excluding hydrogens is 256 g/mol. The maximum absolute atomic E-state index is 5.32. The third-order valence-electron chi connectivity index (χ3n) is 2.56. The fourth-order valence-corrected chi connectivity index (χ4v) is 1.66. The number of nitrogens with zero attached hydrogens (tertiary/aromatic N) is 3. The molecule has 0 saturated heterocycles. The van der Waals surface area contributed by atoms with E-state index in [1.165, 1.54) is 5.56 Å². The van der Waals surface area contributed by atoms with Gasteiger partial charge < -0.3 is 10.1 Å². The van der Waals surface area contributed by atoms with Gasteiger partial charge in [-0.2, -0.15) is 15.0 Å². The van der Waals surface area contributed by atoms with Crippen molar-refractivity contribution < 1.29 is 4.74 Å². The van der Waals surface area contributed by atoms with Crippen molar-refractivity contribution in [1.29, 1.82) is 0 Å². The molecule has 2 rings (SSSR count). The molecule has 7 nitrogen and oxygen atoms in total. The monoisotopic (exact) mass is 274 g/mol. The highest BCUT2D eigenvalue weighted by molar-refractivity contribution is 5.35. The number of nitrogen functional groups attached to an aromatic ring is 1. The molecule has 0 aliphatic rings. The van der Waals surface area contributed by atoms with Gasteiger partial charge in [0.2, 0.25) is 11.9 Å². The Morgan fingerprint density at radius 3 is 2.55 bits per heavy atom. The van der Waals surface area contributed by atoms with E-state index >= 15 is 0 Å². The average Bonchev–Trinajstić information content (AvgIpc) is 2.48. The summed E-state index contributed by atoms with van der Waals surface area (Å²) in [7, 11) is 0. The first-order chi connectivity index (χ1) is 9.81. The molecule has 0 aliphatic heterocycles. The Balaban J connectivity index is 1.96. The highest BCUT2D eigenvalue weighted by atomic mass is 16.5. The van der Waals surface area contributed by atoms with E-state index in [9.17, 15) is 0 Å². The normalized spacial score (nSPS) is 10.1. The molecule has 0 aliphatic carbocycles. The minimum absolute atomic E-state index is 0.248.